The van der Waals surface area contributed by atoms with Gasteiger partial charge < -0.3 is 19.4 Å². The molecule has 1 heterocycles. The summed E-state index contributed by atoms with van der Waals surface area (Å²) in [7, 11) is 0. The van der Waals surface area contributed by atoms with Gasteiger partial charge in [-0.05, 0) is 38.1 Å². The molecule has 2 aromatic rings. The lowest BCUT2D eigenvalue weighted by Gasteiger charge is -2.18. The average molecular weight is 316 g/mol. The van der Waals surface area contributed by atoms with E-state index >= 15 is 0 Å². The topological polar surface area (TPSA) is 71.8 Å². The third-order valence-corrected chi connectivity index (χ3v) is 3.32. The highest BCUT2D eigenvalue weighted by atomic mass is 16.5. The molecule has 2 amide bonds. The molecule has 1 aromatic carbocycles. The fraction of sp³-hybridized carbons (Fsp3) is 0.294. The SMILES string of the molecule is CCN(CC)C(=O)COc1cccc(NC(=O)c2ccco2)c1. The Morgan fingerprint density at radius 2 is 1.96 bits per heavy atom. The van der Waals surface area contributed by atoms with E-state index in [2.05, 4.69) is 5.32 Å². The van der Waals surface area contributed by atoms with E-state index in [1.54, 1.807) is 41.3 Å². The molecule has 1 N–H and O–H groups in total. The third-order valence-electron chi connectivity index (χ3n) is 3.32. The molecule has 6 heteroatoms. The van der Waals surface area contributed by atoms with Crippen LogP contribution in [0.4, 0.5) is 5.69 Å². The zero-order valence-electron chi connectivity index (χ0n) is 13.2. The molecule has 0 aliphatic carbocycles. The maximum atomic E-state index is 11.9. The molecule has 0 spiro atoms. The normalized spacial score (nSPS) is 10.2. The van der Waals surface area contributed by atoms with Crippen LogP contribution in [0.3, 0.4) is 0 Å². The van der Waals surface area contributed by atoms with Crippen LogP contribution in [0.1, 0.15) is 24.4 Å². The van der Waals surface area contributed by atoms with Gasteiger partial charge in [0, 0.05) is 24.8 Å². The smallest absolute Gasteiger partial charge is 0.291 e. The molecular weight excluding hydrogens is 296 g/mol. The summed E-state index contributed by atoms with van der Waals surface area (Å²) in [6.07, 6.45) is 1.44. The van der Waals surface area contributed by atoms with Crippen LogP contribution in [0.2, 0.25) is 0 Å². The number of anilines is 1. The molecule has 0 saturated heterocycles. The van der Waals surface area contributed by atoms with E-state index in [0.717, 1.165) is 0 Å². The number of carbonyl (C=O) groups excluding carboxylic acids is 2. The van der Waals surface area contributed by atoms with Crippen LogP contribution >= 0.6 is 0 Å². The molecule has 0 aliphatic heterocycles. The van der Waals surface area contributed by atoms with E-state index in [0.29, 0.717) is 24.5 Å². The highest BCUT2D eigenvalue weighted by Crippen LogP contribution is 2.18. The second-order valence-corrected chi connectivity index (χ2v) is 4.81. The van der Waals surface area contributed by atoms with Gasteiger partial charge >= 0.3 is 0 Å². The lowest BCUT2D eigenvalue weighted by atomic mass is 10.3. The Balaban J connectivity index is 1.94. The summed E-state index contributed by atoms with van der Waals surface area (Å²) < 4.78 is 10.5. The molecule has 0 bridgehead atoms. The van der Waals surface area contributed by atoms with Crippen molar-refractivity contribution in [2.75, 3.05) is 25.0 Å². The number of furan rings is 1. The largest absolute Gasteiger partial charge is 0.484 e. The minimum Gasteiger partial charge on any atom is -0.484 e. The molecule has 0 unspecified atom stereocenters. The first-order valence-corrected chi connectivity index (χ1v) is 7.49. The van der Waals surface area contributed by atoms with Gasteiger partial charge in [-0.1, -0.05) is 6.07 Å². The Morgan fingerprint density at radius 3 is 2.61 bits per heavy atom. The molecular formula is C17H20N2O4. The van der Waals surface area contributed by atoms with E-state index in [1.807, 2.05) is 13.8 Å². The third kappa shape index (κ3) is 4.60. The van der Waals surface area contributed by atoms with Gasteiger partial charge in [-0.25, -0.2) is 0 Å². The van der Waals surface area contributed by atoms with E-state index < -0.39 is 0 Å². The molecule has 122 valence electrons. The Hall–Kier alpha value is -2.76. The summed E-state index contributed by atoms with van der Waals surface area (Å²) in [5, 5.41) is 2.71. The molecule has 23 heavy (non-hydrogen) atoms. The van der Waals surface area contributed by atoms with Crippen molar-refractivity contribution in [2.45, 2.75) is 13.8 Å². The highest BCUT2D eigenvalue weighted by molar-refractivity contribution is 6.02. The van der Waals surface area contributed by atoms with Crippen molar-refractivity contribution < 1.29 is 18.7 Å². The Labute approximate surface area is 135 Å². The first kappa shape index (κ1) is 16.6. The first-order chi connectivity index (χ1) is 11.1. The van der Waals surface area contributed by atoms with Gasteiger partial charge in [-0.15, -0.1) is 0 Å². The van der Waals surface area contributed by atoms with Crippen molar-refractivity contribution in [3.63, 3.8) is 0 Å². The zero-order chi connectivity index (χ0) is 16.7. The van der Waals surface area contributed by atoms with Crippen LogP contribution in [-0.4, -0.2) is 36.4 Å². The minimum atomic E-state index is -0.341. The summed E-state index contributed by atoms with van der Waals surface area (Å²) in [4.78, 5) is 25.5. The number of amides is 2. The molecule has 0 aliphatic rings. The maximum absolute atomic E-state index is 11.9. The van der Waals surface area contributed by atoms with Gasteiger partial charge in [-0.2, -0.15) is 0 Å². The fourth-order valence-corrected chi connectivity index (χ4v) is 2.08. The summed E-state index contributed by atoms with van der Waals surface area (Å²) in [5.74, 6) is 0.335. The van der Waals surface area contributed by atoms with Crippen LogP contribution in [0.5, 0.6) is 5.75 Å². The number of hydrogen-bond donors (Lipinski definition) is 1. The van der Waals surface area contributed by atoms with Crippen LogP contribution < -0.4 is 10.1 Å². The quantitative estimate of drug-likeness (QED) is 0.852. The Bertz CT molecular complexity index is 648. The van der Waals surface area contributed by atoms with Gasteiger partial charge in [0.2, 0.25) is 0 Å². The van der Waals surface area contributed by atoms with E-state index in [4.69, 9.17) is 9.15 Å². The molecule has 1 aromatic heterocycles. The monoisotopic (exact) mass is 316 g/mol. The molecule has 2 rings (SSSR count). The second kappa shape index (κ2) is 8.03. The molecule has 0 saturated carbocycles. The van der Waals surface area contributed by atoms with Gasteiger partial charge in [-0.3, -0.25) is 9.59 Å². The number of benzene rings is 1. The maximum Gasteiger partial charge on any atom is 0.291 e. The summed E-state index contributed by atoms with van der Waals surface area (Å²) in [6.45, 7) is 5.12. The van der Waals surface area contributed by atoms with Crippen molar-refractivity contribution >= 4 is 17.5 Å². The van der Waals surface area contributed by atoms with E-state index in [-0.39, 0.29) is 24.2 Å². The Kier molecular flexibility index (Phi) is 5.80. The first-order valence-electron chi connectivity index (χ1n) is 7.49. The predicted octanol–water partition coefficient (Wildman–Crippen LogP) is 2.78. The summed E-state index contributed by atoms with van der Waals surface area (Å²) >= 11 is 0. The highest BCUT2D eigenvalue weighted by Gasteiger charge is 2.11. The molecule has 0 fully saturated rings. The average Bonchev–Trinajstić information content (AvgIpc) is 3.09. The van der Waals surface area contributed by atoms with Crippen molar-refractivity contribution in [3.05, 3.63) is 48.4 Å². The van der Waals surface area contributed by atoms with Crippen LogP contribution in [0, 0.1) is 0 Å². The van der Waals surface area contributed by atoms with Crippen molar-refractivity contribution in [1.82, 2.24) is 4.90 Å². The molecule has 0 atom stereocenters. The molecule has 0 radical (unpaired) electrons. The summed E-state index contributed by atoms with van der Waals surface area (Å²) in [5.41, 5.74) is 0.569. The second-order valence-electron chi connectivity index (χ2n) is 4.81. The molecule has 6 nitrogen and oxygen atoms in total. The van der Waals surface area contributed by atoms with Gasteiger partial charge in [0.25, 0.3) is 11.8 Å². The van der Waals surface area contributed by atoms with Gasteiger partial charge in [0.1, 0.15) is 5.75 Å². The van der Waals surface area contributed by atoms with Gasteiger partial charge in [0.15, 0.2) is 12.4 Å². The minimum absolute atomic E-state index is 0.0305. The standard InChI is InChI=1S/C17H20N2O4/c1-3-19(4-2)16(20)12-23-14-8-5-7-13(11-14)18-17(21)15-9-6-10-22-15/h5-11H,3-4,12H2,1-2H3,(H,18,21). The number of likely N-dealkylation sites (N-methyl/N-ethyl adjacent to an activating group) is 1. The number of carbonyl (C=O) groups is 2. The van der Waals surface area contributed by atoms with Crippen molar-refractivity contribution in [3.8, 4) is 5.75 Å². The number of hydrogen-bond acceptors (Lipinski definition) is 4. The van der Waals surface area contributed by atoms with Gasteiger partial charge in [0.05, 0.1) is 6.26 Å². The zero-order valence-corrected chi connectivity index (χ0v) is 13.2. The number of rotatable bonds is 7. The Morgan fingerprint density at radius 1 is 1.17 bits per heavy atom. The van der Waals surface area contributed by atoms with Crippen LogP contribution in [-0.2, 0) is 4.79 Å². The predicted molar refractivity (Wildman–Crippen MR) is 86.5 cm³/mol. The van der Waals surface area contributed by atoms with Crippen molar-refractivity contribution in [1.29, 1.82) is 0 Å². The lowest BCUT2D eigenvalue weighted by molar-refractivity contribution is -0.132. The van der Waals surface area contributed by atoms with E-state index in [1.165, 1.54) is 6.26 Å². The van der Waals surface area contributed by atoms with Crippen molar-refractivity contribution in [2.24, 2.45) is 0 Å². The summed E-state index contributed by atoms with van der Waals surface area (Å²) in [6, 6.07) is 10.1. The lowest BCUT2D eigenvalue weighted by Crippen LogP contribution is -2.34. The number of nitrogens with zero attached hydrogens (tertiary/aromatic N) is 1. The fourth-order valence-electron chi connectivity index (χ4n) is 2.08. The van der Waals surface area contributed by atoms with E-state index in [9.17, 15) is 9.59 Å². The number of ether oxygens (including phenoxy) is 1. The number of nitrogens with one attached hydrogen (secondary N) is 1. The van der Waals surface area contributed by atoms with Crippen LogP contribution in [0.15, 0.2) is 47.1 Å². The van der Waals surface area contributed by atoms with Crippen LogP contribution in [0.25, 0.3) is 0 Å².